The smallest absolute Gasteiger partial charge is 0.264 e. The molecule has 5 nitrogen and oxygen atoms in total. The van der Waals surface area contributed by atoms with Crippen LogP contribution in [0, 0.1) is 5.82 Å². The van der Waals surface area contributed by atoms with Gasteiger partial charge in [-0.15, -0.1) is 0 Å². The summed E-state index contributed by atoms with van der Waals surface area (Å²) in [5.74, 6) is -0.627. The van der Waals surface area contributed by atoms with Crippen molar-refractivity contribution in [3.05, 3.63) is 95.8 Å². The number of carbonyl (C=O) groups is 1. The first-order valence-corrected chi connectivity index (χ1v) is 11.0. The molecule has 0 aliphatic carbocycles. The zero-order valence-electron chi connectivity index (χ0n) is 16.6. The van der Waals surface area contributed by atoms with E-state index in [0.29, 0.717) is 25.1 Å². The summed E-state index contributed by atoms with van der Waals surface area (Å²) in [6, 6.07) is 20.9. The first-order valence-electron chi connectivity index (χ1n) is 9.55. The number of aryl methyl sites for hydroxylation is 1. The van der Waals surface area contributed by atoms with Gasteiger partial charge in [-0.2, -0.15) is 0 Å². The van der Waals surface area contributed by atoms with E-state index in [1.165, 1.54) is 31.3 Å². The lowest BCUT2D eigenvalue weighted by molar-refractivity contribution is 0.0954. The van der Waals surface area contributed by atoms with Crippen molar-refractivity contribution in [2.75, 3.05) is 17.9 Å². The van der Waals surface area contributed by atoms with E-state index >= 15 is 0 Å². The first-order chi connectivity index (χ1) is 14.4. The van der Waals surface area contributed by atoms with E-state index in [9.17, 15) is 17.6 Å². The summed E-state index contributed by atoms with van der Waals surface area (Å²) in [6.45, 7) is 0.416. The Morgan fingerprint density at radius 3 is 2.27 bits per heavy atom. The summed E-state index contributed by atoms with van der Waals surface area (Å²) in [7, 11) is -2.36. The van der Waals surface area contributed by atoms with E-state index in [1.54, 1.807) is 54.6 Å². The fraction of sp³-hybridized carbons (Fsp3) is 0.174. The molecule has 156 valence electrons. The van der Waals surface area contributed by atoms with Gasteiger partial charge in [0.15, 0.2) is 0 Å². The first kappa shape index (κ1) is 21.5. The predicted molar refractivity (Wildman–Crippen MR) is 116 cm³/mol. The van der Waals surface area contributed by atoms with E-state index in [4.69, 9.17) is 0 Å². The molecule has 0 aliphatic rings. The van der Waals surface area contributed by atoms with Gasteiger partial charge in [-0.05, 0) is 54.8 Å². The average molecular weight is 427 g/mol. The van der Waals surface area contributed by atoms with E-state index in [-0.39, 0.29) is 22.2 Å². The number of nitrogens with zero attached hydrogens (tertiary/aromatic N) is 1. The van der Waals surface area contributed by atoms with Crippen molar-refractivity contribution < 1.29 is 17.6 Å². The number of amides is 1. The Labute approximate surface area is 176 Å². The standard InChI is InChI=1S/C23H23FN2O3S/c1-26(30(28,29)20-9-3-2-4-10-20)22-12-6-5-11-21(22)23(27)25-17-7-8-18-13-15-19(24)16-14-18/h2-6,9-16H,7-8,17H2,1H3,(H,25,27). The molecule has 7 heteroatoms. The Morgan fingerprint density at radius 1 is 0.933 bits per heavy atom. The van der Waals surface area contributed by atoms with Crippen molar-refractivity contribution in [1.82, 2.24) is 5.32 Å². The van der Waals surface area contributed by atoms with Gasteiger partial charge >= 0.3 is 0 Å². The van der Waals surface area contributed by atoms with Crippen LogP contribution in [0.2, 0.25) is 0 Å². The second-order valence-electron chi connectivity index (χ2n) is 6.79. The van der Waals surface area contributed by atoms with E-state index in [2.05, 4.69) is 5.32 Å². The maximum atomic E-state index is 13.0. The summed E-state index contributed by atoms with van der Waals surface area (Å²) in [5, 5.41) is 2.83. The largest absolute Gasteiger partial charge is 0.352 e. The lowest BCUT2D eigenvalue weighted by atomic mass is 10.1. The van der Waals surface area contributed by atoms with Crippen LogP contribution in [0.3, 0.4) is 0 Å². The summed E-state index contributed by atoms with van der Waals surface area (Å²) in [5.41, 5.74) is 1.57. The minimum Gasteiger partial charge on any atom is -0.352 e. The van der Waals surface area contributed by atoms with Crippen molar-refractivity contribution in [3.63, 3.8) is 0 Å². The van der Waals surface area contributed by atoms with Crippen LogP contribution in [0.25, 0.3) is 0 Å². The van der Waals surface area contributed by atoms with Crippen LogP contribution in [-0.2, 0) is 16.4 Å². The topological polar surface area (TPSA) is 66.5 Å². The molecule has 0 heterocycles. The molecule has 1 amide bonds. The van der Waals surface area contributed by atoms with Gasteiger partial charge in [0.2, 0.25) is 0 Å². The number of carbonyl (C=O) groups excluding carboxylic acids is 1. The minimum absolute atomic E-state index is 0.155. The molecule has 0 atom stereocenters. The molecule has 0 saturated heterocycles. The molecule has 3 aromatic rings. The van der Waals surface area contributed by atoms with Gasteiger partial charge in [0.1, 0.15) is 5.82 Å². The highest BCUT2D eigenvalue weighted by molar-refractivity contribution is 7.92. The van der Waals surface area contributed by atoms with Gasteiger partial charge in [-0.25, -0.2) is 12.8 Å². The van der Waals surface area contributed by atoms with Gasteiger partial charge in [0, 0.05) is 13.6 Å². The Hall–Kier alpha value is -3.19. The van der Waals surface area contributed by atoms with Crippen LogP contribution in [-0.4, -0.2) is 27.9 Å². The summed E-state index contributed by atoms with van der Waals surface area (Å²) < 4.78 is 39.9. The third kappa shape index (κ3) is 5.04. The minimum atomic E-state index is -3.79. The molecule has 0 unspecified atom stereocenters. The number of nitrogens with one attached hydrogen (secondary N) is 1. The van der Waals surface area contributed by atoms with Crippen LogP contribution < -0.4 is 9.62 Å². The Bertz CT molecular complexity index is 1100. The molecule has 0 spiro atoms. The van der Waals surface area contributed by atoms with E-state index in [0.717, 1.165) is 9.87 Å². The van der Waals surface area contributed by atoms with E-state index < -0.39 is 10.0 Å². The number of hydrogen-bond acceptors (Lipinski definition) is 3. The third-order valence-corrected chi connectivity index (χ3v) is 6.52. The molecule has 30 heavy (non-hydrogen) atoms. The number of anilines is 1. The number of halogens is 1. The SMILES string of the molecule is CN(c1ccccc1C(=O)NCCCc1ccc(F)cc1)S(=O)(=O)c1ccccc1. The number of rotatable bonds is 8. The quantitative estimate of drug-likeness (QED) is 0.554. The van der Waals surface area contributed by atoms with Crippen LogP contribution in [0.1, 0.15) is 22.3 Å². The van der Waals surface area contributed by atoms with Gasteiger partial charge in [0.05, 0.1) is 16.1 Å². The molecule has 1 N–H and O–H groups in total. The molecule has 0 aliphatic heterocycles. The van der Waals surface area contributed by atoms with Gasteiger partial charge in [-0.3, -0.25) is 9.10 Å². The maximum Gasteiger partial charge on any atom is 0.264 e. The van der Waals surface area contributed by atoms with Gasteiger partial charge in [0.25, 0.3) is 15.9 Å². The fourth-order valence-corrected chi connectivity index (χ4v) is 4.30. The molecular formula is C23H23FN2O3S. The normalized spacial score (nSPS) is 11.1. The zero-order valence-corrected chi connectivity index (χ0v) is 17.4. The average Bonchev–Trinajstić information content (AvgIpc) is 2.78. The predicted octanol–water partition coefficient (Wildman–Crippen LogP) is 4.01. The number of sulfonamides is 1. The van der Waals surface area contributed by atoms with Crippen LogP contribution in [0.4, 0.5) is 10.1 Å². The van der Waals surface area contributed by atoms with Gasteiger partial charge < -0.3 is 5.32 Å². The van der Waals surface area contributed by atoms with Crippen LogP contribution in [0.15, 0.2) is 83.8 Å². The Balaban J connectivity index is 1.68. The monoisotopic (exact) mass is 426 g/mol. The highest BCUT2D eigenvalue weighted by Gasteiger charge is 2.24. The number of hydrogen-bond donors (Lipinski definition) is 1. The zero-order chi connectivity index (χ0) is 21.6. The van der Waals surface area contributed by atoms with Gasteiger partial charge in [-0.1, -0.05) is 42.5 Å². The highest BCUT2D eigenvalue weighted by Crippen LogP contribution is 2.25. The molecule has 0 fully saturated rings. The lowest BCUT2D eigenvalue weighted by Crippen LogP contribution is -2.31. The Morgan fingerprint density at radius 2 is 1.57 bits per heavy atom. The molecular weight excluding hydrogens is 403 g/mol. The van der Waals surface area contributed by atoms with Crippen LogP contribution >= 0.6 is 0 Å². The van der Waals surface area contributed by atoms with Crippen molar-refractivity contribution in [3.8, 4) is 0 Å². The summed E-state index contributed by atoms with van der Waals surface area (Å²) in [4.78, 5) is 12.9. The fourth-order valence-electron chi connectivity index (χ4n) is 3.06. The van der Waals surface area contributed by atoms with Crippen molar-refractivity contribution in [2.24, 2.45) is 0 Å². The van der Waals surface area contributed by atoms with E-state index in [1.807, 2.05) is 0 Å². The number of para-hydroxylation sites is 1. The Kier molecular flexibility index (Phi) is 6.84. The summed E-state index contributed by atoms with van der Waals surface area (Å²) >= 11 is 0. The lowest BCUT2D eigenvalue weighted by Gasteiger charge is -2.22. The second kappa shape index (κ2) is 9.54. The van der Waals surface area contributed by atoms with Crippen molar-refractivity contribution in [1.29, 1.82) is 0 Å². The molecule has 3 aromatic carbocycles. The van der Waals surface area contributed by atoms with Crippen molar-refractivity contribution in [2.45, 2.75) is 17.7 Å². The molecule has 3 rings (SSSR count). The molecule has 0 saturated carbocycles. The molecule has 0 aromatic heterocycles. The maximum absolute atomic E-state index is 13.0. The molecule has 0 bridgehead atoms. The summed E-state index contributed by atoms with van der Waals surface area (Å²) in [6.07, 6.45) is 1.38. The highest BCUT2D eigenvalue weighted by atomic mass is 32.2. The van der Waals surface area contributed by atoms with Crippen LogP contribution in [0.5, 0.6) is 0 Å². The number of benzene rings is 3. The third-order valence-electron chi connectivity index (χ3n) is 4.73. The van der Waals surface area contributed by atoms with Crippen molar-refractivity contribution >= 4 is 21.6 Å². The second-order valence-corrected chi connectivity index (χ2v) is 8.76. The molecule has 0 radical (unpaired) electrons.